The lowest BCUT2D eigenvalue weighted by Crippen LogP contribution is -2.33. The Morgan fingerprint density at radius 1 is 1.50 bits per heavy atom. The van der Waals surface area contributed by atoms with E-state index in [-0.39, 0.29) is 5.84 Å². The number of nitrogens with zero attached hydrogens (tertiary/aromatic N) is 3. The van der Waals surface area contributed by atoms with Crippen molar-refractivity contribution in [3.8, 4) is 0 Å². The summed E-state index contributed by atoms with van der Waals surface area (Å²) in [6, 6.07) is 4.39. The maximum atomic E-state index is 8.61. The third kappa shape index (κ3) is 2.55. The Morgan fingerprint density at radius 3 is 2.72 bits per heavy atom. The molecule has 18 heavy (non-hydrogen) atoms. The Bertz CT molecular complexity index is 410. The molecule has 98 valence electrons. The van der Waals surface area contributed by atoms with Gasteiger partial charge in [-0.05, 0) is 31.9 Å². The summed E-state index contributed by atoms with van der Waals surface area (Å²) in [6.45, 7) is 3.11. The third-order valence-electron chi connectivity index (χ3n) is 3.55. The Morgan fingerprint density at radius 2 is 2.22 bits per heavy atom. The van der Waals surface area contributed by atoms with E-state index in [1.165, 1.54) is 25.7 Å². The van der Waals surface area contributed by atoms with E-state index >= 15 is 0 Å². The Kier molecular flexibility index (Phi) is 4.02. The molecule has 1 aliphatic carbocycles. The minimum Gasteiger partial charge on any atom is -0.409 e. The Hall–Kier alpha value is -1.78. The van der Waals surface area contributed by atoms with Crippen molar-refractivity contribution >= 4 is 11.7 Å². The molecule has 0 radical (unpaired) electrons. The molecule has 1 aromatic heterocycles. The molecule has 1 saturated carbocycles. The summed E-state index contributed by atoms with van der Waals surface area (Å²) in [6.07, 6.45) is 6.77. The number of amidine groups is 1. The average molecular weight is 248 g/mol. The molecule has 0 spiro atoms. The summed E-state index contributed by atoms with van der Waals surface area (Å²) < 4.78 is 0. The van der Waals surface area contributed by atoms with Crippen LogP contribution in [0.3, 0.4) is 0 Å². The normalized spacial score (nSPS) is 17.1. The van der Waals surface area contributed by atoms with Gasteiger partial charge in [-0.2, -0.15) is 0 Å². The van der Waals surface area contributed by atoms with Gasteiger partial charge in [0.1, 0.15) is 5.82 Å². The lowest BCUT2D eigenvalue weighted by atomic mass is 10.2. The minimum atomic E-state index is 0.0953. The van der Waals surface area contributed by atoms with Crippen molar-refractivity contribution in [1.82, 2.24) is 4.98 Å². The van der Waals surface area contributed by atoms with Crippen molar-refractivity contribution in [2.45, 2.75) is 38.6 Å². The number of anilines is 1. The fourth-order valence-corrected chi connectivity index (χ4v) is 2.59. The van der Waals surface area contributed by atoms with Gasteiger partial charge in [-0.15, -0.1) is 0 Å². The van der Waals surface area contributed by atoms with Crippen LogP contribution in [0.5, 0.6) is 0 Å². The molecule has 5 nitrogen and oxygen atoms in total. The molecule has 1 fully saturated rings. The molecule has 0 saturated heterocycles. The van der Waals surface area contributed by atoms with E-state index in [0.29, 0.717) is 11.6 Å². The second-order valence-corrected chi connectivity index (χ2v) is 4.61. The van der Waals surface area contributed by atoms with Crippen LogP contribution in [0.25, 0.3) is 0 Å². The van der Waals surface area contributed by atoms with Crippen LogP contribution >= 0.6 is 0 Å². The van der Waals surface area contributed by atoms with Crippen molar-refractivity contribution in [2.75, 3.05) is 11.4 Å². The summed E-state index contributed by atoms with van der Waals surface area (Å²) in [4.78, 5) is 6.75. The standard InChI is InChI=1S/C13H20N4O/c1-2-17(11-5-3-4-6-11)12-8-7-10(9-15-12)13(14)16-18/h7-9,11,18H,2-6H2,1H3,(H2,14,16). The first kappa shape index (κ1) is 12.7. The van der Waals surface area contributed by atoms with Crippen LogP contribution in [0.1, 0.15) is 38.2 Å². The second kappa shape index (κ2) is 5.71. The second-order valence-electron chi connectivity index (χ2n) is 4.61. The molecule has 0 bridgehead atoms. The molecule has 0 amide bonds. The van der Waals surface area contributed by atoms with Crippen molar-refractivity contribution in [3.05, 3.63) is 23.9 Å². The molecule has 0 aromatic carbocycles. The molecule has 2 rings (SSSR count). The van der Waals surface area contributed by atoms with Crippen LogP contribution in [0.15, 0.2) is 23.5 Å². The van der Waals surface area contributed by atoms with Crippen molar-refractivity contribution < 1.29 is 5.21 Å². The van der Waals surface area contributed by atoms with Gasteiger partial charge in [-0.25, -0.2) is 4.98 Å². The topological polar surface area (TPSA) is 74.7 Å². The minimum absolute atomic E-state index is 0.0953. The predicted octanol–water partition coefficient (Wildman–Crippen LogP) is 1.95. The van der Waals surface area contributed by atoms with Gasteiger partial charge in [0.2, 0.25) is 0 Å². The Labute approximate surface area is 107 Å². The quantitative estimate of drug-likeness (QED) is 0.369. The van der Waals surface area contributed by atoms with Crippen LogP contribution in [-0.2, 0) is 0 Å². The van der Waals surface area contributed by atoms with Gasteiger partial charge in [0.15, 0.2) is 5.84 Å². The van der Waals surface area contributed by atoms with Crippen molar-refractivity contribution in [3.63, 3.8) is 0 Å². The number of nitrogens with two attached hydrogens (primary N) is 1. The summed E-state index contributed by atoms with van der Waals surface area (Å²) in [5.74, 6) is 1.07. The fraction of sp³-hybridized carbons (Fsp3) is 0.538. The lowest BCUT2D eigenvalue weighted by Gasteiger charge is -2.28. The summed E-state index contributed by atoms with van der Waals surface area (Å²) in [5.41, 5.74) is 6.16. The number of pyridine rings is 1. The number of aromatic nitrogens is 1. The van der Waals surface area contributed by atoms with Gasteiger partial charge < -0.3 is 15.8 Å². The van der Waals surface area contributed by atoms with Gasteiger partial charge >= 0.3 is 0 Å². The molecule has 0 atom stereocenters. The van der Waals surface area contributed by atoms with Crippen LogP contribution in [-0.4, -0.2) is 28.6 Å². The summed E-state index contributed by atoms with van der Waals surface area (Å²) in [5, 5.41) is 11.6. The van der Waals surface area contributed by atoms with E-state index in [4.69, 9.17) is 10.9 Å². The third-order valence-corrected chi connectivity index (χ3v) is 3.55. The first-order valence-corrected chi connectivity index (χ1v) is 6.47. The van der Waals surface area contributed by atoms with Crippen molar-refractivity contribution in [2.24, 2.45) is 10.9 Å². The van der Waals surface area contributed by atoms with Gasteiger partial charge in [-0.1, -0.05) is 18.0 Å². The van der Waals surface area contributed by atoms with Crippen LogP contribution in [0, 0.1) is 0 Å². The van der Waals surface area contributed by atoms with Gasteiger partial charge in [-0.3, -0.25) is 0 Å². The van der Waals surface area contributed by atoms with E-state index in [2.05, 4.69) is 22.0 Å². The monoisotopic (exact) mass is 248 g/mol. The highest BCUT2D eigenvalue weighted by Gasteiger charge is 2.22. The van der Waals surface area contributed by atoms with E-state index < -0.39 is 0 Å². The summed E-state index contributed by atoms with van der Waals surface area (Å²) >= 11 is 0. The van der Waals surface area contributed by atoms with Gasteiger partial charge in [0.05, 0.1) is 0 Å². The van der Waals surface area contributed by atoms with Crippen LogP contribution in [0.2, 0.25) is 0 Å². The summed E-state index contributed by atoms with van der Waals surface area (Å²) in [7, 11) is 0. The maximum absolute atomic E-state index is 8.61. The predicted molar refractivity (Wildman–Crippen MR) is 72.0 cm³/mol. The maximum Gasteiger partial charge on any atom is 0.171 e. The number of hydrogen-bond donors (Lipinski definition) is 2. The lowest BCUT2D eigenvalue weighted by molar-refractivity contribution is 0.318. The largest absolute Gasteiger partial charge is 0.409 e. The molecule has 5 heteroatoms. The van der Waals surface area contributed by atoms with Crippen LogP contribution in [0.4, 0.5) is 5.82 Å². The molecular formula is C13H20N4O. The van der Waals surface area contributed by atoms with Crippen molar-refractivity contribution in [1.29, 1.82) is 0 Å². The number of rotatable bonds is 4. The smallest absolute Gasteiger partial charge is 0.171 e. The SMILES string of the molecule is CCN(c1ccc(/C(N)=N/O)cn1)C1CCCC1. The van der Waals surface area contributed by atoms with Gasteiger partial charge in [0.25, 0.3) is 0 Å². The molecule has 1 heterocycles. The zero-order chi connectivity index (χ0) is 13.0. The highest BCUT2D eigenvalue weighted by Crippen LogP contribution is 2.26. The first-order valence-electron chi connectivity index (χ1n) is 6.47. The Balaban J connectivity index is 2.16. The molecule has 3 N–H and O–H groups in total. The molecular weight excluding hydrogens is 228 g/mol. The molecule has 0 unspecified atom stereocenters. The first-order chi connectivity index (χ1) is 8.76. The highest BCUT2D eigenvalue weighted by molar-refractivity contribution is 5.96. The highest BCUT2D eigenvalue weighted by atomic mass is 16.4. The molecule has 0 aliphatic heterocycles. The average Bonchev–Trinajstić information content (AvgIpc) is 2.93. The molecule has 1 aliphatic rings. The zero-order valence-electron chi connectivity index (χ0n) is 10.7. The van der Waals surface area contributed by atoms with Crippen LogP contribution < -0.4 is 10.6 Å². The zero-order valence-corrected chi connectivity index (χ0v) is 10.7. The van der Waals surface area contributed by atoms with E-state index in [9.17, 15) is 0 Å². The van der Waals surface area contributed by atoms with E-state index in [0.717, 1.165) is 12.4 Å². The number of oxime groups is 1. The molecule has 1 aromatic rings. The van der Waals surface area contributed by atoms with E-state index in [1.807, 2.05) is 12.1 Å². The van der Waals surface area contributed by atoms with E-state index in [1.54, 1.807) is 6.20 Å². The number of hydrogen-bond acceptors (Lipinski definition) is 4. The fourth-order valence-electron chi connectivity index (χ4n) is 2.59. The van der Waals surface area contributed by atoms with Gasteiger partial charge in [0, 0.05) is 24.3 Å².